The van der Waals surface area contributed by atoms with Crippen LogP contribution < -0.4 is 0 Å². The average Bonchev–Trinajstić information content (AvgIpc) is 3.19. The number of aryl methyl sites for hydroxylation is 1. The number of rotatable bonds is 7. The van der Waals surface area contributed by atoms with Gasteiger partial charge in [0.15, 0.2) is 5.82 Å². The summed E-state index contributed by atoms with van der Waals surface area (Å²) in [6, 6.07) is 13.1. The fraction of sp³-hybridized carbons (Fsp3) is 0.391. The molecule has 0 aliphatic carbocycles. The smallest absolute Gasteiger partial charge is 0.240 e. The summed E-state index contributed by atoms with van der Waals surface area (Å²) in [7, 11) is 0. The molecule has 0 radical (unpaired) electrons. The van der Waals surface area contributed by atoms with E-state index in [9.17, 15) is 8.78 Å². The molecule has 4 rings (SSSR count). The van der Waals surface area contributed by atoms with Crippen molar-refractivity contribution in [3.8, 4) is 0 Å². The van der Waals surface area contributed by atoms with Crippen LogP contribution in [0.15, 0.2) is 53.1 Å². The molecule has 0 unspecified atom stereocenters. The SMILES string of the molecule is CCCc1noc(CN2CCN(C(c3ccc(F)cc3)c3ccc(F)cc3)CC2)n1. The van der Waals surface area contributed by atoms with E-state index in [4.69, 9.17) is 4.52 Å². The predicted octanol–water partition coefficient (Wildman–Crippen LogP) is 4.21. The van der Waals surface area contributed by atoms with Crippen LogP contribution in [0.1, 0.15) is 42.2 Å². The quantitative estimate of drug-likeness (QED) is 0.582. The fourth-order valence-electron chi connectivity index (χ4n) is 3.95. The molecule has 1 aliphatic heterocycles. The van der Waals surface area contributed by atoms with Gasteiger partial charge in [-0.15, -0.1) is 0 Å². The minimum absolute atomic E-state index is 0.0482. The highest BCUT2D eigenvalue weighted by molar-refractivity contribution is 5.32. The van der Waals surface area contributed by atoms with Crippen LogP contribution in [-0.4, -0.2) is 46.1 Å². The molecule has 1 aromatic heterocycles. The van der Waals surface area contributed by atoms with Gasteiger partial charge in [-0.3, -0.25) is 9.80 Å². The Morgan fingerprint density at radius 1 is 0.900 bits per heavy atom. The number of halogens is 2. The van der Waals surface area contributed by atoms with Crippen LogP contribution >= 0.6 is 0 Å². The molecule has 0 bridgehead atoms. The summed E-state index contributed by atoms with van der Waals surface area (Å²) in [6.45, 7) is 6.09. The number of hydrogen-bond donors (Lipinski definition) is 0. The monoisotopic (exact) mass is 412 g/mol. The zero-order valence-corrected chi connectivity index (χ0v) is 17.1. The molecule has 0 atom stereocenters. The summed E-state index contributed by atoms with van der Waals surface area (Å²) in [5.74, 6) is 0.895. The van der Waals surface area contributed by atoms with Crippen molar-refractivity contribution in [2.75, 3.05) is 26.2 Å². The summed E-state index contributed by atoms with van der Waals surface area (Å²) < 4.78 is 32.3. The van der Waals surface area contributed by atoms with Gasteiger partial charge in [0.25, 0.3) is 0 Å². The van der Waals surface area contributed by atoms with E-state index in [0.29, 0.717) is 12.4 Å². The molecule has 2 aromatic carbocycles. The van der Waals surface area contributed by atoms with Gasteiger partial charge < -0.3 is 4.52 Å². The first kappa shape index (κ1) is 20.6. The fourth-order valence-corrected chi connectivity index (χ4v) is 3.95. The molecular weight excluding hydrogens is 386 g/mol. The second-order valence-electron chi connectivity index (χ2n) is 7.67. The Morgan fingerprint density at radius 2 is 1.47 bits per heavy atom. The zero-order valence-electron chi connectivity index (χ0n) is 17.1. The topological polar surface area (TPSA) is 45.4 Å². The molecular formula is C23H26F2N4O. The molecule has 0 spiro atoms. The average molecular weight is 412 g/mol. The van der Waals surface area contributed by atoms with Crippen LogP contribution in [0, 0.1) is 11.6 Å². The van der Waals surface area contributed by atoms with Gasteiger partial charge in [-0.25, -0.2) is 8.78 Å². The minimum atomic E-state index is -0.261. The summed E-state index contributed by atoms with van der Waals surface area (Å²) in [5.41, 5.74) is 2.00. The zero-order chi connectivity index (χ0) is 20.9. The Hall–Kier alpha value is -2.64. The van der Waals surface area contributed by atoms with Gasteiger partial charge in [-0.2, -0.15) is 4.98 Å². The first-order valence-electron chi connectivity index (χ1n) is 10.4. The summed E-state index contributed by atoms with van der Waals surface area (Å²) in [6.07, 6.45) is 1.82. The third-order valence-electron chi connectivity index (χ3n) is 5.49. The molecule has 7 heteroatoms. The maximum absolute atomic E-state index is 13.5. The lowest BCUT2D eigenvalue weighted by molar-refractivity contribution is 0.0966. The van der Waals surface area contributed by atoms with Crippen LogP contribution in [-0.2, 0) is 13.0 Å². The number of benzene rings is 2. The molecule has 0 saturated carbocycles. The first-order valence-corrected chi connectivity index (χ1v) is 10.4. The van der Waals surface area contributed by atoms with E-state index in [1.807, 2.05) is 24.3 Å². The Labute approximate surface area is 175 Å². The van der Waals surface area contributed by atoms with Gasteiger partial charge in [-0.05, 0) is 41.8 Å². The maximum Gasteiger partial charge on any atom is 0.240 e. The van der Waals surface area contributed by atoms with Gasteiger partial charge in [-0.1, -0.05) is 36.3 Å². The van der Waals surface area contributed by atoms with E-state index in [2.05, 4.69) is 26.9 Å². The van der Waals surface area contributed by atoms with Crippen molar-refractivity contribution < 1.29 is 13.3 Å². The number of nitrogens with zero attached hydrogens (tertiary/aromatic N) is 4. The van der Waals surface area contributed by atoms with E-state index in [1.54, 1.807) is 0 Å². The second-order valence-corrected chi connectivity index (χ2v) is 7.67. The number of hydrogen-bond acceptors (Lipinski definition) is 5. The number of piperazine rings is 1. The van der Waals surface area contributed by atoms with Crippen LogP contribution in [0.3, 0.4) is 0 Å². The first-order chi connectivity index (χ1) is 14.6. The highest BCUT2D eigenvalue weighted by Gasteiger charge is 2.27. The van der Waals surface area contributed by atoms with Crippen molar-refractivity contribution in [1.29, 1.82) is 0 Å². The summed E-state index contributed by atoms with van der Waals surface area (Å²) >= 11 is 0. The molecule has 2 heterocycles. The van der Waals surface area contributed by atoms with Crippen LogP contribution in [0.5, 0.6) is 0 Å². The molecule has 158 valence electrons. The van der Waals surface area contributed by atoms with E-state index in [0.717, 1.165) is 56.0 Å². The Bertz CT molecular complexity index is 889. The second kappa shape index (κ2) is 9.45. The molecule has 5 nitrogen and oxygen atoms in total. The van der Waals surface area contributed by atoms with Gasteiger partial charge in [0.1, 0.15) is 11.6 Å². The highest BCUT2D eigenvalue weighted by atomic mass is 19.1. The van der Waals surface area contributed by atoms with Gasteiger partial charge in [0.05, 0.1) is 12.6 Å². The van der Waals surface area contributed by atoms with Crippen LogP contribution in [0.2, 0.25) is 0 Å². The highest BCUT2D eigenvalue weighted by Crippen LogP contribution is 2.30. The minimum Gasteiger partial charge on any atom is -0.338 e. The van der Waals surface area contributed by atoms with Crippen molar-refractivity contribution in [3.63, 3.8) is 0 Å². The van der Waals surface area contributed by atoms with Crippen molar-refractivity contribution >= 4 is 0 Å². The molecule has 0 amide bonds. The van der Waals surface area contributed by atoms with E-state index in [1.165, 1.54) is 24.3 Å². The van der Waals surface area contributed by atoms with E-state index in [-0.39, 0.29) is 17.7 Å². The molecule has 1 saturated heterocycles. The van der Waals surface area contributed by atoms with Gasteiger partial charge in [0, 0.05) is 32.6 Å². The Balaban J connectivity index is 1.46. The normalized spacial score (nSPS) is 15.7. The van der Waals surface area contributed by atoms with E-state index < -0.39 is 0 Å². The molecule has 30 heavy (non-hydrogen) atoms. The lowest BCUT2D eigenvalue weighted by atomic mass is 9.96. The maximum atomic E-state index is 13.5. The molecule has 1 fully saturated rings. The van der Waals surface area contributed by atoms with Crippen molar-refractivity contribution in [2.24, 2.45) is 0 Å². The van der Waals surface area contributed by atoms with E-state index >= 15 is 0 Å². The van der Waals surface area contributed by atoms with Crippen molar-refractivity contribution in [2.45, 2.75) is 32.4 Å². The molecule has 3 aromatic rings. The van der Waals surface area contributed by atoms with Crippen molar-refractivity contribution in [1.82, 2.24) is 19.9 Å². The third-order valence-corrected chi connectivity index (χ3v) is 5.49. The van der Waals surface area contributed by atoms with Crippen LogP contribution in [0.25, 0.3) is 0 Å². The largest absolute Gasteiger partial charge is 0.338 e. The van der Waals surface area contributed by atoms with Gasteiger partial charge >= 0.3 is 0 Å². The predicted molar refractivity (Wildman–Crippen MR) is 110 cm³/mol. The Morgan fingerprint density at radius 3 is 2.00 bits per heavy atom. The van der Waals surface area contributed by atoms with Gasteiger partial charge in [0.2, 0.25) is 5.89 Å². The molecule has 0 N–H and O–H groups in total. The lowest BCUT2D eigenvalue weighted by Crippen LogP contribution is -2.47. The Kier molecular flexibility index (Phi) is 6.50. The van der Waals surface area contributed by atoms with Crippen molar-refractivity contribution in [3.05, 3.63) is 83.0 Å². The lowest BCUT2D eigenvalue weighted by Gasteiger charge is -2.39. The van der Waals surface area contributed by atoms with Crippen LogP contribution in [0.4, 0.5) is 8.78 Å². The standard InChI is InChI=1S/C23H26F2N4O/c1-2-3-21-26-22(30-27-21)16-28-12-14-29(15-13-28)23(17-4-8-19(24)9-5-17)18-6-10-20(25)11-7-18/h4-11,23H,2-3,12-16H2,1H3. The number of aromatic nitrogens is 2. The third kappa shape index (κ3) is 4.91. The summed E-state index contributed by atoms with van der Waals surface area (Å²) in [5, 5.41) is 4.02. The molecule has 1 aliphatic rings. The summed E-state index contributed by atoms with van der Waals surface area (Å²) in [4.78, 5) is 9.11.